The van der Waals surface area contributed by atoms with Gasteiger partial charge in [0.1, 0.15) is 0 Å². The van der Waals surface area contributed by atoms with Crippen LogP contribution in [0.5, 0.6) is 0 Å². The van der Waals surface area contributed by atoms with Gasteiger partial charge in [-0.3, -0.25) is 4.79 Å². The average Bonchev–Trinajstić information content (AvgIpc) is 3.06. The van der Waals surface area contributed by atoms with Crippen molar-refractivity contribution in [2.45, 2.75) is 32.2 Å². The number of thiocarbonyl (C=S) groups is 1. The van der Waals surface area contributed by atoms with Gasteiger partial charge in [-0.15, -0.1) is 0 Å². The third kappa shape index (κ3) is 4.37. The van der Waals surface area contributed by atoms with E-state index in [1.54, 1.807) is 0 Å². The first kappa shape index (κ1) is 17.4. The van der Waals surface area contributed by atoms with Crippen molar-refractivity contribution >= 4 is 34.6 Å². The molecule has 2 aromatic rings. The molecule has 1 heterocycles. The molecule has 1 aliphatic rings. The predicted octanol–water partition coefficient (Wildman–Crippen LogP) is 4.25. The average molecular weight is 353 g/mol. The van der Waals surface area contributed by atoms with Crippen molar-refractivity contribution in [2.24, 2.45) is 0 Å². The van der Waals surface area contributed by atoms with Crippen LogP contribution in [-0.4, -0.2) is 17.6 Å². The highest BCUT2D eigenvalue weighted by atomic mass is 32.1. The van der Waals surface area contributed by atoms with Gasteiger partial charge >= 0.3 is 0 Å². The number of amides is 1. The van der Waals surface area contributed by atoms with E-state index in [-0.39, 0.29) is 11.9 Å². The molecular weight excluding hydrogens is 330 g/mol. The van der Waals surface area contributed by atoms with E-state index in [0.717, 1.165) is 30.8 Å². The smallest absolute Gasteiger partial charge is 0.227 e. The summed E-state index contributed by atoms with van der Waals surface area (Å²) in [6, 6.07) is 18.3. The van der Waals surface area contributed by atoms with Gasteiger partial charge in [0.15, 0.2) is 5.11 Å². The van der Waals surface area contributed by atoms with Crippen molar-refractivity contribution in [2.75, 3.05) is 16.8 Å². The molecule has 0 saturated carbocycles. The number of carbonyl (C=O) groups is 1. The second-order valence-electron chi connectivity index (χ2n) is 6.17. The molecule has 25 heavy (non-hydrogen) atoms. The molecule has 3 rings (SSSR count). The summed E-state index contributed by atoms with van der Waals surface area (Å²) in [7, 11) is 0. The molecule has 0 bridgehead atoms. The van der Waals surface area contributed by atoms with E-state index in [1.807, 2.05) is 47.4 Å². The molecule has 2 aromatic carbocycles. The first-order valence-electron chi connectivity index (χ1n) is 8.70. The van der Waals surface area contributed by atoms with Crippen LogP contribution >= 0.6 is 12.2 Å². The van der Waals surface area contributed by atoms with Crippen LogP contribution in [0.1, 0.15) is 37.8 Å². The summed E-state index contributed by atoms with van der Waals surface area (Å²) in [6.07, 6.45) is 2.49. The molecule has 0 spiro atoms. The molecular formula is C20H23N3OS. The Labute approximate surface area is 154 Å². The lowest BCUT2D eigenvalue weighted by molar-refractivity contribution is -0.117. The lowest BCUT2D eigenvalue weighted by atomic mass is 10.1. The Hall–Kier alpha value is -2.40. The molecule has 0 aliphatic carbocycles. The maximum absolute atomic E-state index is 11.9. The molecule has 1 fully saturated rings. The summed E-state index contributed by atoms with van der Waals surface area (Å²) in [5, 5.41) is 7.19. The van der Waals surface area contributed by atoms with Gasteiger partial charge in [-0.05, 0) is 48.8 Å². The quantitative estimate of drug-likeness (QED) is 0.789. The van der Waals surface area contributed by atoms with Gasteiger partial charge in [-0.25, -0.2) is 0 Å². The van der Waals surface area contributed by atoms with Crippen molar-refractivity contribution in [3.63, 3.8) is 0 Å². The normalized spacial score (nSPS) is 15.1. The molecule has 0 aromatic heterocycles. The van der Waals surface area contributed by atoms with Crippen LogP contribution < -0.4 is 15.5 Å². The molecule has 1 aliphatic heterocycles. The lowest BCUT2D eigenvalue weighted by Gasteiger charge is -2.21. The van der Waals surface area contributed by atoms with Crippen molar-refractivity contribution < 1.29 is 4.79 Å². The molecule has 130 valence electrons. The van der Waals surface area contributed by atoms with Gasteiger partial charge in [-0.2, -0.15) is 0 Å². The summed E-state index contributed by atoms with van der Waals surface area (Å²) in [4.78, 5) is 13.8. The molecule has 1 atom stereocenters. The molecule has 4 nitrogen and oxygen atoms in total. The van der Waals surface area contributed by atoms with Gasteiger partial charge in [0.2, 0.25) is 5.91 Å². The number of hydrogen-bond acceptors (Lipinski definition) is 2. The zero-order valence-corrected chi connectivity index (χ0v) is 15.2. The van der Waals surface area contributed by atoms with Crippen molar-refractivity contribution in [1.82, 2.24) is 5.32 Å². The Balaban J connectivity index is 1.65. The van der Waals surface area contributed by atoms with E-state index in [4.69, 9.17) is 12.2 Å². The number of rotatable bonds is 5. The van der Waals surface area contributed by atoms with Crippen molar-refractivity contribution in [3.8, 4) is 0 Å². The number of carbonyl (C=O) groups excluding carboxylic acids is 1. The minimum atomic E-state index is 0.171. The Morgan fingerprint density at radius 1 is 1.20 bits per heavy atom. The Kier molecular flexibility index (Phi) is 5.66. The standard InChI is InChI=1S/C20H23N3OS/c1-2-18(15-8-4-3-5-9-15)22-20(25)21-16-10-6-11-17(14-16)23-13-7-12-19(23)24/h3-6,8-11,14,18H,2,7,12-13H2,1H3,(H2,21,22,25). The lowest BCUT2D eigenvalue weighted by Crippen LogP contribution is -2.32. The predicted molar refractivity (Wildman–Crippen MR) is 107 cm³/mol. The maximum Gasteiger partial charge on any atom is 0.227 e. The Morgan fingerprint density at radius 3 is 2.68 bits per heavy atom. The summed E-state index contributed by atoms with van der Waals surface area (Å²) in [5.41, 5.74) is 3.02. The summed E-state index contributed by atoms with van der Waals surface area (Å²) in [6.45, 7) is 2.92. The van der Waals surface area contributed by atoms with Crippen LogP contribution in [0.3, 0.4) is 0 Å². The molecule has 1 unspecified atom stereocenters. The third-order valence-corrected chi connectivity index (χ3v) is 4.62. The highest BCUT2D eigenvalue weighted by Gasteiger charge is 2.21. The van der Waals surface area contributed by atoms with E-state index in [0.29, 0.717) is 11.5 Å². The van der Waals surface area contributed by atoms with E-state index in [2.05, 4.69) is 29.7 Å². The second kappa shape index (κ2) is 8.12. The second-order valence-corrected chi connectivity index (χ2v) is 6.58. The Morgan fingerprint density at radius 2 is 2.00 bits per heavy atom. The third-order valence-electron chi connectivity index (χ3n) is 4.40. The SMILES string of the molecule is CCC(NC(=S)Nc1cccc(N2CCCC2=O)c1)c1ccccc1. The molecule has 0 radical (unpaired) electrons. The van der Waals surface area contributed by atoms with Crippen molar-refractivity contribution in [1.29, 1.82) is 0 Å². The maximum atomic E-state index is 11.9. The molecule has 1 saturated heterocycles. The van der Waals surface area contributed by atoms with E-state index < -0.39 is 0 Å². The van der Waals surface area contributed by atoms with Crippen LogP contribution in [0.2, 0.25) is 0 Å². The minimum Gasteiger partial charge on any atom is -0.356 e. The number of anilines is 2. The highest BCUT2D eigenvalue weighted by molar-refractivity contribution is 7.80. The zero-order valence-electron chi connectivity index (χ0n) is 14.4. The first-order valence-corrected chi connectivity index (χ1v) is 9.11. The Bertz CT molecular complexity index is 748. The van der Waals surface area contributed by atoms with E-state index >= 15 is 0 Å². The summed E-state index contributed by atoms with van der Waals surface area (Å²) < 4.78 is 0. The van der Waals surface area contributed by atoms with Crippen LogP contribution in [0.4, 0.5) is 11.4 Å². The minimum absolute atomic E-state index is 0.171. The number of nitrogens with one attached hydrogen (secondary N) is 2. The zero-order chi connectivity index (χ0) is 17.6. The number of benzene rings is 2. The van der Waals surface area contributed by atoms with E-state index in [9.17, 15) is 4.79 Å². The van der Waals surface area contributed by atoms with Crippen molar-refractivity contribution in [3.05, 3.63) is 60.2 Å². The van der Waals surface area contributed by atoms with Crippen LogP contribution in [0, 0.1) is 0 Å². The fraction of sp³-hybridized carbons (Fsp3) is 0.300. The highest BCUT2D eigenvalue weighted by Crippen LogP contribution is 2.24. The van der Waals surface area contributed by atoms with Crippen LogP contribution in [0.15, 0.2) is 54.6 Å². The molecule has 5 heteroatoms. The topological polar surface area (TPSA) is 44.4 Å². The first-order chi connectivity index (χ1) is 12.2. The monoisotopic (exact) mass is 353 g/mol. The molecule has 1 amide bonds. The van der Waals surface area contributed by atoms with Gasteiger partial charge in [0.05, 0.1) is 6.04 Å². The number of hydrogen-bond donors (Lipinski definition) is 2. The van der Waals surface area contributed by atoms with Gasteiger partial charge < -0.3 is 15.5 Å². The largest absolute Gasteiger partial charge is 0.356 e. The van der Waals surface area contributed by atoms with Crippen LogP contribution in [0.25, 0.3) is 0 Å². The van der Waals surface area contributed by atoms with Crippen LogP contribution in [-0.2, 0) is 4.79 Å². The summed E-state index contributed by atoms with van der Waals surface area (Å²) in [5.74, 6) is 0.188. The fourth-order valence-corrected chi connectivity index (χ4v) is 3.36. The fourth-order valence-electron chi connectivity index (χ4n) is 3.10. The van der Waals surface area contributed by atoms with E-state index in [1.165, 1.54) is 5.56 Å². The van der Waals surface area contributed by atoms with Gasteiger partial charge in [-0.1, -0.05) is 43.3 Å². The summed E-state index contributed by atoms with van der Waals surface area (Å²) >= 11 is 5.48. The van der Waals surface area contributed by atoms with Gasteiger partial charge in [0, 0.05) is 24.3 Å². The number of nitrogens with zero attached hydrogens (tertiary/aromatic N) is 1. The molecule has 2 N–H and O–H groups in total. The van der Waals surface area contributed by atoms with Gasteiger partial charge in [0.25, 0.3) is 0 Å².